The molecule has 2 unspecified atom stereocenters. The van der Waals surface area contributed by atoms with E-state index in [4.69, 9.17) is 5.11 Å². The Morgan fingerprint density at radius 1 is 1.30 bits per heavy atom. The van der Waals surface area contributed by atoms with E-state index in [9.17, 15) is 14.0 Å². The van der Waals surface area contributed by atoms with E-state index in [1.165, 1.54) is 6.07 Å². The summed E-state index contributed by atoms with van der Waals surface area (Å²) in [5, 5.41) is 13.8. The number of carbonyl (C=O) groups excluding carboxylic acids is 1. The van der Waals surface area contributed by atoms with E-state index >= 15 is 0 Å². The Hall–Kier alpha value is -2.11. The van der Waals surface area contributed by atoms with Crippen LogP contribution in [0.25, 0.3) is 0 Å². The van der Waals surface area contributed by atoms with Crippen molar-refractivity contribution < 1.29 is 19.1 Å². The number of hydrogen-bond acceptors (Lipinski definition) is 2. The molecule has 1 rings (SSSR count). The Labute approximate surface area is 117 Å². The van der Waals surface area contributed by atoms with Crippen LogP contribution in [0.15, 0.2) is 24.3 Å². The summed E-state index contributed by atoms with van der Waals surface area (Å²) in [6.07, 6.45) is 0.983. The van der Waals surface area contributed by atoms with Crippen LogP contribution in [0.3, 0.4) is 0 Å². The summed E-state index contributed by atoms with van der Waals surface area (Å²) in [5.41, 5.74) is 0.352. The molecule has 2 atom stereocenters. The topological polar surface area (TPSA) is 78.4 Å². The monoisotopic (exact) mass is 282 g/mol. The molecule has 0 aromatic heterocycles. The van der Waals surface area contributed by atoms with Gasteiger partial charge in [0.15, 0.2) is 0 Å². The summed E-state index contributed by atoms with van der Waals surface area (Å²) in [4.78, 5) is 22.7. The summed E-state index contributed by atoms with van der Waals surface area (Å²) >= 11 is 0. The van der Waals surface area contributed by atoms with Crippen molar-refractivity contribution in [3.63, 3.8) is 0 Å². The van der Waals surface area contributed by atoms with Gasteiger partial charge in [-0.3, -0.25) is 0 Å². The van der Waals surface area contributed by atoms with Gasteiger partial charge in [-0.15, -0.1) is 0 Å². The Morgan fingerprint density at radius 2 is 1.95 bits per heavy atom. The minimum Gasteiger partial charge on any atom is -0.480 e. The predicted octanol–water partition coefficient (Wildman–Crippen LogP) is 2.44. The van der Waals surface area contributed by atoms with E-state index in [0.29, 0.717) is 18.4 Å². The van der Waals surface area contributed by atoms with E-state index in [0.717, 1.165) is 0 Å². The van der Waals surface area contributed by atoms with Gasteiger partial charge in [0, 0.05) is 5.56 Å². The van der Waals surface area contributed by atoms with Crippen molar-refractivity contribution in [2.75, 3.05) is 0 Å². The van der Waals surface area contributed by atoms with Crippen molar-refractivity contribution in [1.29, 1.82) is 0 Å². The van der Waals surface area contributed by atoms with E-state index in [1.54, 1.807) is 25.1 Å². The van der Waals surface area contributed by atoms with E-state index < -0.39 is 29.9 Å². The van der Waals surface area contributed by atoms with Crippen LogP contribution < -0.4 is 10.6 Å². The molecule has 0 saturated carbocycles. The number of hydrogen-bond donors (Lipinski definition) is 3. The Kier molecular flexibility index (Phi) is 5.96. The zero-order valence-corrected chi connectivity index (χ0v) is 11.5. The molecule has 1 aromatic carbocycles. The van der Waals surface area contributed by atoms with Gasteiger partial charge >= 0.3 is 12.0 Å². The molecule has 0 fully saturated rings. The third-order valence-corrected chi connectivity index (χ3v) is 2.90. The van der Waals surface area contributed by atoms with Crippen LogP contribution in [0.2, 0.25) is 0 Å². The molecule has 0 spiro atoms. The van der Waals surface area contributed by atoms with Crippen molar-refractivity contribution in [1.82, 2.24) is 10.6 Å². The predicted molar refractivity (Wildman–Crippen MR) is 72.8 cm³/mol. The summed E-state index contributed by atoms with van der Waals surface area (Å²) in [6, 6.07) is 4.00. The highest BCUT2D eigenvalue weighted by molar-refractivity contribution is 5.82. The number of aliphatic carboxylic acids is 1. The van der Waals surface area contributed by atoms with Crippen molar-refractivity contribution in [2.24, 2.45) is 0 Å². The number of urea groups is 1. The number of benzene rings is 1. The molecule has 1 aromatic rings. The highest BCUT2D eigenvalue weighted by atomic mass is 19.1. The van der Waals surface area contributed by atoms with Gasteiger partial charge in [-0.1, -0.05) is 31.5 Å². The number of amides is 2. The number of nitrogens with one attached hydrogen (secondary N) is 2. The molecular formula is C14H19FN2O3. The normalized spacial score (nSPS) is 13.3. The lowest BCUT2D eigenvalue weighted by Crippen LogP contribution is -2.46. The first-order valence-electron chi connectivity index (χ1n) is 6.50. The largest absolute Gasteiger partial charge is 0.480 e. The van der Waals surface area contributed by atoms with Gasteiger partial charge in [0.2, 0.25) is 0 Å². The zero-order valence-electron chi connectivity index (χ0n) is 11.5. The first-order chi connectivity index (χ1) is 9.45. The number of carboxylic acids is 1. The van der Waals surface area contributed by atoms with Crippen LogP contribution in [0.4, 0.5) is 9.18 Å². The van der Waals surface area contributed by atoms with Crippen LogP contribution >= 0.6 is 0 Å². The van der Waals surface area contributed by atoms with Gasteiger partial charge < -0.3 is 15.7 Å². The van der Waals surface area contributed by atoms with Gasteiger partial charge in [-0.05, 0) is 19.4 Å². The van der Waals surface area contributed by atoms with Crippen LogP contribution in [0, 0.1) is 5.82 Å². The molecule has 20 heavy (non-hydrogen) atoms. The second-order valence-corrected chi connectivity index (χ2v) is 4.54. The lowest BCUT2D eigenvalue weighted by Gasteiger charge is -2.18. The van der Waals surface area contributed by atoms with Crippen molar-refractivity contribution in [3.8, 4) is 0 Å². The molecule has 3 N–H and O–H groups in total. The maximum atomic E-state index is 13.5. The van der Waals surface area contributed by atoms with Crippen molar-refractivity contribution in [2.45, 2.75) is 38.8 Å². The molecule has 0 saturated heterocycles. The number of carboxylic acid groups (broad SMARTS) is 1. The molecular weight excluding hydrogens is 263 g/mol. The second kappa shape index (κ2) is 7.47. The molecule has 6 heteroatoms. The fourth-order valence-corrected chi connectivity index (χ4v) is 1.85. The average molecular weight is 282 g/mol. The van der Waals surface area contributed by atoms with E-state index in [2.05, 4.69) is 10.6 Å². The van der Waals surface area contributed by atoms with Gasteiger partial charge in [0.1, 0.15) is 11.9 Å². The minimum atomic E-state index is -1.08. The molecule has 5 nitrogen and oxygen atoms in total. The molecule has 2 amide bonds. The van der Waals surface area contributed by atoms with Gasteiger partial charge in [-0.25, -0.2) is 14.0 Å². The summed E-state index contributed by atoms with van der Waals surface area (Å²) in [5.74, 6) is -1.50. The molecule has 0 aliphatic rings. The maximum absolute atomic E-state index is 13.5. The zero-order chi connectivity index (χ0) is 15.1. The fourth-order valence-electron chi connectivity index (χ4n) is 1.85. The first-order valence-corrected chi connectivity index (χ1v) is 6.50. The molecule has 0 bridgehead atoms. The number of carbonyl (C=O) groups is 2. The van der Waals surface area contributed by atoms with Gasteiger partial charge in [0.05, 0.1) is 6.04 Å². The number of halogens is 1. The minimum absolute atomic E-state index is 0.344. The smallest absolute Gasteiger partial charge is 0.326 e. The summed E-state index contributed by atoms with van der Waals surface area (Å²) < 4.78 is 13.5. The van der Waals surface area contributed by atoms with Gasteiger partial charge in [0.25, 0.3) is 0 Å². The SMILES string of the molecule is CCCC(NC(=O)NC(C)c1ccccc1F)C(=O)O. The third-order valence-electron chi connectivity index (χ3n) is 2.90. The maximum Gasteiger partial charge on any atom is 0.326 e. The van der Waals surface area contributed by atoms with Crippen LogP contribution in [-0.2, 0) is 4.79 Å². The van der Waals surface area contributed by atoms with Crippen molar-refractivity contribution in [3.05, 3.63) is 35.6 Å². The highest BCUT2D eigenvalue weighted by Crippen LogP contribution is 2.15. The Morgan fingerprint density at radius 3 is 2.50 bits per heavy atom. The van der Waals surface area contributed by atoms with E-state index in [1.807, 2.05) is 6.92 Å². The highest BCUT2D eigenvalue weighted by Gasteiger charge is 2.20. The Balaban J connectivity index is 2.62. The summed E-state index contributed by atoms with van der Waals surface area (Å²) in [6.45, 7) is 3.46. The van der Waals surface area contributed by atoms with Crippen LogP contribution in [0.5, 0.6) is 0 Å². The lowest BCUT2D eigenvalue weighted by atomic mass is 10.1. The third kappa shape index (κ3) is 4.53. The summed E-state index contributed by atoms with van der Waals surface area (Å²) in [7, 11) is 0. The standard InChI is InChI=1S/C14H19FN2O3/c1-3-6-12(13(18)19)17-14(20)16-9(2)10-7-4-5-8-11(10)15/h4-5,7-9,12H,3,6H2,1-2H3,(H,18,19)(H2,16,17,20). The quantitative estimate of drug-likeness (QED) is 0.750. The van der Waals surface area contributed by atoms with Crippen LogP contribution in [-0.4, -0.2) is 23.1 Å². The molecule has 110 valence electrons. The van der Waals surface area contributed by atoms with E-state index in [-0.39, 0.29) is 0 Å². The van der Waals surface area contributed by atoms with Crippen molar-refractivity contribution >= 4 is 12.0 Å². The van der Waals surface area contributed by atoms with Gasteiger partial charge in [-0.2, -0.15) is 0 Å². The lowest BCUT2D eigenvalue weighted by molar-refractivity contribution is -0.139. The number of rotatable bonds is 6. The molecule has 0 heterocycles. The average Bonchev–Trinajstić information content (AvgIpc) is 2.38. The second-order valence-electron chi connectivity index (χ2n) is 4.54. The first kappa shape index (κ1) is 15.9. The molecule has 0 aliphatic heterocycles. The van der Waals surface area contributed by atoms with Crippen LogP contribution in [0.1, 0.15) is 38.3 Å². The Bertz CT molecular complexity index is 479. The molecule has 0 radical (unpaired) electrons. The fraction of sp³-hybridized carbons (Fsp3) is 0.429. The molecule has 0 aliphatic carbocycles.